The SMILES string of the molecule is CC(=O)NC(C)c1ccc(C(=O)CSc2nc3ccccc3c(=O)n2-c2cc(C)cc(C)c2)cc1. The van der Waals surface area contributed by atoms with Crippen LogP contribution >= 0.6 is 11.8 Å². The van der Waals surface area contributed by atoms with Crippen LogP contribution in [0, 0.1) is 13.8 Å². The lowest BCUT2D eigenvalue weighted by Gasteiger charge is -2.15. The zero-order valence-electron chi connectivity index (χ0n) is 20.2. The van der Waals surface area contributed by atoms with Crippen molar-refractivity contribution in [2.75, 3.05) is 5.75 Å². The summed E-state index contributed by atoms with van der Waals surface area (Å²) in [6.45, 7) is 7.35. The van der Waals surface area contributed by atoms with E-state index in [2.05, 4.69) is 11.4 Å². The first-order valence-electron chi connectivity index (χ1n) is 11.4. The number of thioether (sulfide) groups is 1. The summed E-state index contributed by atoms with van der Waals surface area (Å²) in [6.07, 6.45) is 0. The summed E-state index contributed by atoms with van der Waals surface area (Å²) in [6, 6.07) is 20.3. The van der Waals surface area contributed by atoms with Gasteiger partial charge in [0.2, 0.25) is 5.91 Å². The molecule has 1 N–H and O–H groups in total. The Bertz CT molecular complexity index is 1460. The molecule has 7 heteroatoms. The molecule has 1 heterocycles. The van der Waals surface area contributed by atoms with Crippen LogP contribution in [0.3, 0.4) is 0 Å². The van der Waals surface area contributed by atoms with E-state index in [0.717, 1.165) is 22.4 Å². The van der Waals surface area contributed by atoms with Crippen LogP contribution in [0.15, 0.2) is 76.7 Å². The number of ketones is 1. The van der Waals surface area contributed by atoms with Crippen LogP contribution in [0.2, 0.25) is 0 Å². The van der Waals surface area contributed by atoms with Crippen molar-refractivity contribution in [3.05, 3.63) is 99.3 Å². The van der Waals surface area contributed by atoms with Gasteiger partial charge in [-0.2, -0.15) is 0 Å². The van der Waals surface area contributed by atoms with Crippen molar-refractivity contribution in [3.63, 3.8) is 0 Å². The van der Waals surface area contributed by atoms with Gasteiger partial charge in [-0.15, -0.1) is 0 Å². The third kappa shape index (κ3) is 5.52. The lowest BCUT2D eigenvalue weighted by atomic mass is 10.0. The molecule has 0 saturated carbocycles. The second-order valence-corrected chi connectivity index (χ2v) is 9.60. The molecule has 3 aromatic carbocycles. The molecule has 35 heavy (non-hydrogen) atoms. The number of aromatic nitrogens is 2. The van der Waals surface area contributed by atoms with E-state index < -0.39 is 0 Å². The highest BCUT2D eigenvalue weighted by Gasteiger charge is 2.16. The Morgan fingerprint density at radius 1 is 1.00 bits per heavy atom. The van der Waals surface area contributed by atoms with Crippen molar-refractivity contribution in [2.24, 2.45) is 0 Å². The summed E-state index contributed by atoms with van der Waals surface area (Å²) in [5.74, 6) is -0.0363. The maximum absolute atomic E-state index is 13.5. The van der Waals surface area contributed by atoms with Crippen LogP contribution in [-0.2, 0) is 4.79 Å². The normalized spacial score (nSPS) is 11.9. The molecule has 0 fully saturated rings. The Morgan fingerprint density at radius 2 is 1.66 bits per heavy atom. The topological polar surface area (TPSA) is 81.1 Å². The Hall–Kier alpha value is -3.71. The molecule has 6 nitrogen and oxygen atoms in total. The molecule has 1 aromatic heterocycles. The summed E-state index contributed by atoms with van der Waals surface area (Å²) >= 11 is 1.25. The minimum Gasteiger partial charge on any atom is -0.350 e. The number of nitrogens with one attached hydrogen (secondary N) is 1. The molecule has 0 spiro atoms. The van der Waals surface area contributed by atoms with E-state index in [0.29, 0.717) is 21.6 Å². The number of rotatable bonds is 7. The number of carbonyl (C=O) groups is 2. The second-order valence-electron chi connectivity index (χ2n) is 8.65. The van der Waals surface area contributed by atoms with Crippen molar-refractivity contribution < 1.29 is 9.59 Å². The van der Waals surface area contributed by atoms with E-state index in [9.17, 15) is 14.4 Å². The lowest BCUT2D eigenvalue weighted by Crippen LogP contribution is -2.23. The highest BCUT2D eigenvalue weighted by atomic mass is 32.2. The largest absolute Gasteiger partial charge is 0.350 e. The number of nitrogens with zero attached hydrogens (tertiary/aromatic N) is 2. The minimum atomic E-state index is -0.160. The predicted octanol–water partition coefficient (Wildman–Crippen LogP) is 5.17. The molecule has 0 aliphatic rings. The number of carbonyl (C=O) groups excluding carboxylic acids is 2. The Balaban J connectivity index is 1.64. The fraction of sp³-hybridized carbons (Fsp3) is 0.214. The molecule has 0 aliphatic heterocycles. The molecule has 0 saturated heterocycles. The standard InChI is InChI=1S/C28H27N3O3S/c1-17-13-18(2)15-23(14-17)31-27(34)24-7-5-6-8-25(24)30-28(31)35-16-26(33)22-11-9-21(10-12-22)19(3)29-20(4)32/h5-15,19H,16H2,1-4H3,(H,29,32). The van der Waals surface area contributed by atoms with Gasteiger partial charge in [-0.05, 0) is 61.7 Å². The quantitative estimate of drug-likeness (QED) is 0.222. The van der Waals surface area contributed by atoms with Crippen molar-refractivity contribution in [1.29, 1.82) is 0 Å². The third-order valence-electron chi connectivity index (χ3n) is 5.69. The molecule has 0 radical (unpaired) electrons. The molecule has 1 unspecified atom stereocenters. The number of para-hydroxylation sites is 1. The fourth-order valence-corrected chi connectivity index (χ4v) is 4.98. The van der Waals surface area contributed by atoms with Crippen LogP contribution in [0.5, 0.6) is 0 Å². The fourth-order valence-electron chi connectivity index (χ4n) is 4.08. The summed E-state index contributed by atoms with van der Waals surface area (Å²) in [7, 11) is 0. The molecular formula is C28H27N3O3S. The van der Waals surface area contributed by atoms with Crippen molar-refractivity contribution in [2.45, 2.75) is 38.9 Å². The summed E-state index contributed by atoms with van der Waals surface area (Å²) in [4.78, 5) is 42.5. The van der Waals surface area contributed by atoms with Gasteiger partial charge in [0.1, 0.15) is 0 Å². The van der Waals surface area contributed by atoms with Crippen LogP contribution in [-0.4, -0.2) is 27.0 Å². The van der Waals surface area contributed by atoms with Crippen molar-refractivity contribution in [1.82, 2.24) is 14.9 Å². The molecule has 4 aromatic rings. The van der Waals surface area contributed by atoms with E-state index in [1.807, 2.05) is 63.2 Å². The van der Waals surface area contributed by atoms with E-state index >= 15 is 0 Å². The van der Waals surface area contributed by atoms with Gasteiger partial charge in [0.25, 0.3) is 5.56 Å². The van der Waals surface area contributed by atoms with Gasteiger partial charge < -0.3 is 5.32 Å². The predicted molar refractivity (Wildman–Crippen MR) is 141 cm³/mol. The maximum Gasteiger partial charge on any atom is 0.266 e. The van der Waals surface area contributed by atoms with Gasteiger partial charge in [0.05, 0.1) is 28.4 Å². The van der Waals surface area contributed by atoms with Crippen LogP contribution < -0.4 is 10.9 Å². The smallest absolute Gasteiger partial charge is 0.266 e. The Kier molecular flexibility index (Phi) is 7.17. The van der Waals surface area contributed by atoms with Gasteiger partial charge in [0, 0.05) is 12.5 Å². The number of amides is 1. The van der Waals surface area contributed by atoms with Gasteiger partial charge in [-0.1, -0.05) is 54.2 Å². The highest BCUT2D eigenvalue weighted by molar-refractivity contribution is 7.99. The van der Waals surface area contributed by atoms with Crippen molar-refractivity contribution >= 4 is 34.4 Å². The Morgan fingerprint density at radius 3 is 2.31 bits per heavy atom. The molecule has 1 atom stereocenters. The molecule has 4 rings (SSSR count). The molecular weight excluding hydrogens is 458 g/mol. The third-order valence-corrected chi connectivity index (χ3v) is 6.63. The second kappa shape index (κ2) is 10.3. The number of fused-ring (bicyclic) bond motifs is 1. The van der Waals surface area contributed by atoms with Gasteiger partial charge in [-0.25, -0.2) is 4.98 Å². The van der Waals surface area contributed by atoms with Crippen LogP contribution in [0.1, 0.15) is 46.9 Å². The van der Waals surface area contributed by atoms with E-state index in [-0.39, 0.29) is 29.0 Å². The Labute approximate surface area is 208 Å². The van der Waals surface area contributed by atoms with Gasteiger partial charge in [-0.3, -0.25) is 19.0 Å². The highest BCUT2D eigenvalue weighted by Crippen LogP contribution is 2.24. The van der Waals surface area contributed by atoms with Crippen molar-refractivity contribution in [3.8, 4) is 5.69 Å². The van der Waals surface area contributed by atoms with E-state index in [4.69, 9.17) is 4.98 Å². The molecule has 0 bridgehead atoms. The van der Waals surface area contributed by atoms with Gasteiger partial charge in [0.15, 0.2) is 10.9 Å². The minimum absolute atomic E-state index is 0.0666. The zero-order chi connectivity index (χ0) is 25.1. The maximum atomic E-state index is 13.5. The molecule has 178 valence electrons. The average molecular weight is 486 g/mol. The van der Waals surface area contributed by atoms with Gasteiger partial charge >= 0.3 is 0 Å². The lowest BCUT2D eigenvalue weighted by molar-refractivity contribution is -0.119. The van der Waals surface area contributed by atoms with Crippen LogP contribution in [0.4, 0.5) is 0 Å². The van der Waals surface area contributed by atoms with Crippen LogP contribution in [0.25, 0.3) is 16.6 Å². The van der Waals surface area contributed by atoms with E-state index in [1.165, 1.54) is 18.7 Å². The summed E-state index contributed by atoms with van der Waals surface area (Å²) < 4.78 is 1.60. The zero-order valence-corrected chi connectivity index (χ0v) is 21.0. The first-order chi connectivity index (χ1) is 16.7. The first kappa shape index (κ1) is 24.4. The monoisotopic (exact) mass is 485 g/mol. The molecule has 0 aliphatic carbocycles. The molecule has 1 amide bonds. The summed E-state index contributed by atoms with van der Waals surface area (Å²) in [5.41, 5.74) is 4.75. The number of hydrogen-bond donors (Lipinski definition) is 1. The number of benzene rings is 3. The number of hydrogen-bond acceptors (Lipinski definition) is 5. The summed E-state index contributed by atoms with van der Waals surface area (Å²) in [5, 5.41) is 3.84. The average Bonchev–Trinajstić information content (AvgIpc) is 2.81. The first-order valence-corrected chi connectivity index (χ1v) is 12.3. The van der Waals surface area contributed by atoms with E-state index in [1.54, 1.807) is 22.8 Å². The number of Topliss-reactive ketones (excluding diaryl/α,β-unsaturated/α-hetero) is 1. The number of aryl methyl sites for hydroxylation is 2.